The van der Waals surface area contributed by atoms with Crippen molar-refractivity contribution in [1.29, 1.82) is 0 Å². The number of nitrogens with one attached hydrogen (secondary N) is 2. The van der Waals surface area contributed by atoms with Crippen LogP contribution < -0.4 is 5.32 Å². The molecule has 0 spiro atoms. The van der Waals surface area contributed by atoms with E-state index >= 15 is 0 Å². The van der Waals surface area contributed by atoms with Gasteiger partial charge in [-0.1, -0.05) is 6.92 Å². The minimum atomic E-state index is 0.462. The van der Waals surface area contributed by atoms with Crippen molar-refractivity contribution in [3.63, 3.8) is 0 Å². The van der Waals surface area contributed by atoms with Crippen LogP contribution in [0, 0.1) is 5.41 Å². The van der Waals surface area contributed by atoms with E-state index in [-0.39, 0.29) is 0 Å². The summed E-state index contributed by atoms with van der Waals surface area (Å²) >= 11 is 0. The highest BCUT2D eigenvalue weighted by Crippen LogP contribution is 2.30. The fourth-order valence-electron chi connectivity index (χ4n) is 3.38. The lowest BCUT2D eigenvalue weighted by atomic mass is 9.87. The number of aromatic nitrogens is 3. The van der Waals surface area contributed by atoms with Crippen LogP contribution >= 0.6 is 0 Å². The molecule has 100 valence electrons. The Hall–Kier alpha value is -0.940. The van der Waals surface area contributed by atoms with Crippen molar-refractivity contribution in [3.8, 4) is 0 Å². The normalized spacial score (nSPS) is 33.9. The van der Waals surface area contributed by atoms with Crippen LogP contribution in [0.15, 0.2) is 6.33 Å². The first-order chi connectivity index (χ1) is 8.75. The summed E-state index contributed by atoms with van der Waals surface area (Å²) in [5.41, 5.74) is 0.462. The largest absolute Gasteiger partial charge is 0.316 e. The Bertz CT molecular complexity index is 369. The summed E-state index contributed by atoms with van der Waals surface area (Å²) in [6.07, 6.45) is 5.43. The van der Waals surface area contributed by atoms with E-state index in [2.05, 4.69) is 32.3 Å². The van der Waals surface area contributed by atoms with Crippen LogP contribution in [0.5, 0.6) is 0 Å². The Labute approximate surface area is 108 Å². The molecule has 0 aliphatic carbocycles. The van der Waals surface area contributed by atoms with E-state index in [1.165, 1.54) is 38.9 Å². The van der Waals surface area contributed by atoms with Gasteiger partial charge in [-0.2, -0.15) is 5.10 Å². The topological polar surface area (TPSA) is 56.8 Å². The standard InChI is InChI=1S/C13H23N5/c1-13(4-5-14-8-13)9-18-6-2-3-11(7-18)12-15-10-16-17-12/h10-11,14H,2-9H2,1H3,(H,15,16,17). The first-order valence-corrected chi connectivity index (χ1v) is 7.04. The molecule has 3 rings (SSSR count). The molecule has 3 heterocycles. The number of nitrogens with zero attached hydrogens (tertiary/aromatic N) is 3. The fourth-order valence-corrected chi connectivity index (χ4v) is 3.38. The van der Waals surface area contributed by atoms with Crippen LogP contribution in [-0.2, 0) is 0 Å². The molecule has 0 amide bonds. The van der Waals surface area contributed by atoms with Crippen molar-refractivity contribution in [2.75, 3.05) is 32.7 Å². The van der Waals surface area contributed by atoms with Gasteiger partial charge in [0.05, 0.1) is 0 Å². The van der Waals surface area contributed by atoms with Gasteiger partial charge in [-0.3, -0.25) is 5.10 Å². The summed E-state index contributed by atoms with van der Waals surface area (Å²) in [7, 11) is 0. The van der Waals surface area contributed by atoms with Gasteiger partial charge in [0.15, 0.2) is 0 Å². The third kappa shape index (κ3) is 2.57. The van der Waals surface area contributed by atoms with Crippen LogP contribution in [0.2, 0.25) is 0 Å². The van der Waals surface area contributed by atoms with Gasteiger partial charge in [0.1, 0.15) is 12.2 Å². The Kier molecular flexibility index (Phi) is 3.35. The number of hydrogen-bond acceptors (Lipinski definition) is 4. The molecule has 2 aliphatic rings. The van der Waals surface area contributed by atoms with Crippen molar-refractivity contribution in [2.45, 2.75) is 32.1 Å². The zero-order valence-corrected chi connectivity index (χ0v) is 11.2. The molecule has 0 bridgehead atoms. The second kappa shape index (κ2) is 4.97. The molecular formula is C13H23N5. The van der Waals surface area contributed by atoms with Gasteiger partial charge in [0, 0.05) is 25.6 Å². The number of H-pyrrole nitrogens is 1. The molecule has 5 heteroatoms. The van der Waals surface area contributed by atoms with Crippen LogP contribution in [0.1, 0.15) is 37.9 Å². The van der Waals surface area contributed by atoms with Crippen LogP contribution in [0.25, 0.3) is 0 Å². The van der Waals surface area contributed by atoms with E-state index in [1.807, 2.05) is 0 Å². The molecule has 1 aromatic heterocycles. The maximum atomic E-state index is 4.32. The Balaban J connectivity index is 1.60. The summed E-state index contributed by atoms with van der Waals surface area (Å²) < 4.78 is 0. The van der Waals surface area contributed by atoms with Gasteiger partial charge in [-0.25, -0.2) is 4.98 Å². The molecule has 2 N–H and O–H groups in total. The Morgan fingerprint density at radius 3 is 3.22 bits per heavy atom. The molecule has 2 atom stereocenters. The van der Waals surface area contributed by atoms with Crippen molar-refractivity contribution < 1.29 is 0 Å². The Morgan fingerprint density at radius 2 is 2.50 bits per heavy atom. The number of hydrogen-bond donors (Lipinski definition) is 2. The van der Waals surface area contributed by atoms with Crippen molar-refractivity contribution in [2.24, 2.45) is 5.41 Å². The Morgan fingerprint density at radius 1 is 1.56 bits per heavy atom. The number of piperidine rings is 1. The summed E-state index contributed by atoms with van der Waals surface area (Å²) in [5, 5.41) is 10.5. The molecule has 2 unspecified atom stereocenters. The molecule has 1 aromatic rings. The molecule has 18 heavy (non-hydrogen) atoms. The maximum absolute atomic E-state index is 4.32. The third-order valence-corrected chi connectivity index (χ3v) is 4.39. The van der Waals surface area contributed by atoms with Crippen molar-refractivity contribution in [3.05, 3.63) is 12.2 Å². The highest BCUT2D eigenvalue weighted by atomic mass is 15.2. The highest BCUT2D eigenvalue weighted by Gasteiger charge is 2.33. The lowest BCUT2D eigenvalue weighted by molar-refractivity contribution is 0.139. The average molecular weight is 249 g/mol. The summed E-state index contributed by atoms with van der Waals surface area (Å²) in [5.74, 6) is 1.61. The predicted molar refractivity (Wildman–Crippen MR) is 70.4 cm³/mol. The predicted octanol–water partition coefficient (Wildman–Crippen LogP) is 0.984. The lowest BCUT2D eigenvalue weighted by Gasteiger charge is -2.37. The molecule has 0 radical (unpaired) electrons. The number of aromatic amines is 1. The molecule has 5 nitrogen and oxygen atoms in total. The fraction of sp³-hybridized carbons (Fsp3) is 0.846. The summed E-state index contributed by atoms with van der Waals surface area (Å²) in [6, 6.07) is 0. The van der Waals surface area contributed by atoms with Gasteiger partial charge in [-0.05, 0) is 37.8 Å². The first-order valence-electron chi connectivity index (χ1n) is 7.04. The van der Waals surface area contributed by atoms with E-state index in [0.29, 0.717) is 11.3 Å². The quantitative estimate of drug-likeness (QED) is 0.838. The smallest absolute Gasteiger partial charge is 0.137 e. The second-order valence-electron chi connectivity index (χ2n) is 6.18. The lowest BCUT2D eigenvalue weighted by Crippen LogP contribution is -2.42. The van der Waals surface area contributed by atoms with E-state index in [0.717, 1.165) is 18.9 Å². The van der Waals surface area contributed by atoms with Gasteiger partial charge in [-0.15, -0.1) is 0 Å². The second-order valence-corrected chi connectivity index (χ2v) is 6.18. The van der Waals surface area contributed by atoms with E-state index in [1.54, 1.807) is 6.33 Å². The molecule has 2 aliphatic heterocycles. The van der Waals surface area contributed by atoms with Gasteiger partial charge in [0.25, 0.3) is 0 Å². The van der Waals surface area contributed by atoms with Gasteiger partial charge >= 0.3 is 0 Å². The molecule has 0 aromatic carbocycles. The minimum Gasteiger partial charge on any atom is -0.316 e. The number of rotatable bonds is 3. The third-order valence-electron chi connectivity index (χ3n) is 4.39. The minimum absolute atomic E-state index is 0.462. The van der Waals surface area contributed by atoms with Crippen molar-refractivity contribution in [1.82, 2.24) is 25.4 Å². The summed E-state index contributed by atoms with van der Waals surface area (Å²) in [4.78, 5) is 6.93. The summed E-state index contributed by atoms with van der Waals surface area (Å²) in [6.45, 7) is 8.33. The van der Waals surface area contributed by atoms with Crippen LogP contribution in [0.3, 0.4) is 0 Å². The van der Waals surface area contributed by atoms with Crippen molar-refractivity contribution >= 4 is 0 Å². The van der Waals surface area contributed by atoms with Crippen LogP contribution in [0.4, 0.5) is 0 Å². The number of likely N-dealkylation sites (tertiary alicyclic amines) is 1. The SMILES string of the molecule is CC1(CN2CCCC(c3ncn[nH]3)C2)CCNC1. The molecule has 0 saturated carbocycles. The van der Waals surface area contributed by atoms with E-state index < -0.39 is 0 Å². The average Bonchev–Trinajstić information content (AvgIpc) is 3.01. The molecule has 2 saturated heterocycles. The molecule has 2 fully saturated rings. The monoisotopic (exact) mass is 249 g/mol. The van der Waals surface area contributed by atoms with Gasteiger partial charge in [0.2, 0.25) is 0 Å². The molecular weight excluding hydrogens is 226 g/mol. The maximum Gasteiger partial charge on any atom is 0.137 e. The highest BCUT2D eigenvalue weighted by molar-refractivity contribution is 4.98. The van der Waals surface area contributed by atoms with E-state index in [4.69, 9.17) is 0 Å². The van der Waals surface area contributed by atoms with E-state index in [9.17, 15) is 0 Å². The van der Waals surface area contributed by atoms with Crippen LogP contribution in [-0.4, -0.2) is 52.8 Å². The van der Waals surface area contributed by atoms with Gasteiger partial charge < -0.3 is 10.2 Å². The zero-order chi connectivity index (χ0) is 12.4. The zero-order valence-electron chi connectivity index (χ0n) is 11.2. The first kappa shape index (κ1) is 12.1.